The molecule has 2 aromatic rings. The molecule has 0 aliphatic rings. The highest BCUT2D eigenvalue weighted by atomic mass is 32.1. The van der Waals surface area contributed by atoms with Gasteiger partial charge in [-0.25, -0.2) is 4.98 Å². The van der Waals surface area contributed by atoms with E-state index in [1.54, 1.807) is 6.92 Å². The monoisotopic (exact) mass is 280 g/mol. The number of nitrogens with one attached hydrogen (secondary N) is 1. The summed E-state index contributed by atoms with van der Waals surface area (Å²) in [6.07, 6.45) is 0. The molecule has 0 radical (unpaired) electrons. The Balaban J connectivity index is 2.04. The lowest BCUT2D eigenvalue weighted by Crippen LogP contribution is -2.43. The first-order valence-electron chi connectivity index (χ1n) is 5.87. The summed E-state index contributed by atoms with van der Waals surface area (Å²) >= 11 is 1.33. The van der Waals surface area contributed by atoms with Crippen molar-refractivity contribution < 1.29 is 14.6 Å². The standard InChI is InChI=1S/C13H16N2O3S/c1-13(17,8-18-2)7-14-11(16)12-15-9-5-3-4-6-10(9)19-12/h3-6,17H,7-8H2,1-2H3,(H,14,16)/t13-/m0/s1. The van der Waals surface area contributed by atoms with E-state index >= 15 is 0 Å². The van der Waals surface area contributed by atoms with Crippen molar-refractivity contribution in [2.24, 2.45) is 0 Å². The van der Waals surface area contributed by atoms with Gasteiger partial charge in [0.25, 0.3) is 5.91 Å². The van der Waals surface area contributed by atoms with Crippen LogP contribution in [0.25, 0.3) is 10.2 Å². The Bertz CT molecular complexity index is 547. The molecular weight excluding hydrogens is 264 g/mol. The molecule has 1 amide bonds. The lowest BCUT2D eigenvalue weighted by Gasteiger charge is -2.22. The largest absolute Gasteiger partial charge is 0.386 e. The Hall–Kier alpha value is -1.50. The number of carbonyl (C=O) groups is 1. The molecule has 1 aromatic carbocycles. The first kappa shape index (κ1) is 13.9. The van der Waals surface area contributed by atoms with E-state index in [-0.39, 0.29) is 19.1 Å². The van der Waals surface area contributed by atoms with Gasteiger partial charge in [-0.15, -0.1) is 11.3 Å². The Labute approximate surface area is 115 Å². The number of thiazole rings is 1. The van der Waals surface area contributed by atoms with Crippen molar-refractivity contribution in [1.29, 1.82) is 0 Å². The summed E-state index contributed by atoms with van der Waals surface area (Å²) < 4.78 is 5.85. The second-order valence-electron chi connectivity index (χ2n) is 4.60. The molecule has 102 valence electrons. The normalized spacial score (nSPS) is 14.3. The average molecular weight is 280 g/mol. The van der Waals surface area contributed by atoms with Crippen LogP contribution in [0.3, 0.4) is 0 Å². The van der Waals surface area contributed by atoms with Crippen LogP contribution in [-0.4, -0.2) is 41.9 Å². The molecule has 6 heteroatoms. The Morgan fingerprint density at radius 2 is 2.26 bits per heavy atom. The van der Waals surface area contributed by atoms with Crippen LogP contribution in [0.2, 0.25) is 0 Å². The zero-order valence-electron chi connectivity index (χ0n) is 10.8. The molecule has 0 saturated heterocycles. The van der Waals surface area contributed by atoms with Gasteiger partial charge < -0.3 is 15.2 Å². The van der Waals surface area contributed by atoms with Gasteiger partial charge in [-0.2, -0.15) is 0 Å². The summed E-state index contributed by atoms with van der Waals surface area (Å²) in [4.78, 5) is 16.2. The SMILES string of the molecule is COC[C@@](C)(O)CNC(=O)c1nc2ccccc2s1. The molecule has 0 aliphatic carbocycles. The highest BCUT2D eigenvalue weighted by Gasteiger charge is 2.22. The fourth-order valence-corrected chi connectivity index (χ4v) is 2.56. The molecule has 0 spiro atoms. The number of nitrogens with zero attached hydrogens (tertiary/aromatic N) is 1. The number of ether oxygens (including phenoxy) is 1. The minimum atomic E-state index is -1.08. The number of carbonyl (C=O) groups excluding carboxylic acids is 1. The van der Waals surface area contributed by atoms with E-state index in [4.69, 9.17) is 4.74 Å². The first-order valence-corrected chi connectivity index (χ1v) is 6.68. The summed E-state index contributed by atoms with van der Waals surface area (Å²) in [5.41, 5.74) is -0.275. The van der Waals surface area contributed by atoms with Gasteiger partial charge in [0.15, 0.2) is 5.01 Å². The number of hydrogen-bond donors (Lipinski definition) is 2. The average Bonchev–Trinajstić information content (AvgIpc) is 2.79. The highest BCUT2D eigenvalue weighted by Crippen LogP contribution is 2.21. The minimum absolute atomic E-state index is 0.121. The molecule has 0 aliphatic heterocycles. The Morgan fingerprint density at radius 3 is 2.95 bits per heavy atom. The van der Waals surface area contributed by atoms with E-state index in [1.807, 2.05) is 24.3 Å². The van der Waals surface area contributed by atoms with Crippen LogP contribution in [0.1, 0.15) is 16.7 Å². The van der Waals surface area contributed by atoms with Crippen molar-refractivity contribution in [2.45, 2.75) is 12.5 Å². The molecule has 0 fully saturated rings. The van der Waals surface area contributed by atoms with Crippen LogP contribution in [-0.2, 0) is 4.74 Å². The summed E-state index contributed by atoms with van der Waals surface area (Å²) in [5.74, 6) is -0.280. The molecule has 1 heterocycles. The molecular formula is C13H16N2O3S. The first-order chi connectivity index (χ1) is 9.02. The third-order valence-corrected chi connectivity index (χ3v) is 3.61. The highest BCUT2D eigenvalue weighted by molar-refractivity contribution is 7.20. The Kier molecular flexibility index (Phi) is 4.14. The van der Waals surface area contributed by atoms with Crippen molar-refractivity contribution in [3.8, 4) is 0 Å². The lowest BCUT2D eigenvalue weighted by atomic mass is 10.1. The van der Waals surface area contributed by atoms with Crippen molar-refractivity contribution in [2.75, 3.05) is 20.3 Å². The van der Waals surface area contributed by atoms with Crippen LogP contribution >= 0.6 is 11.3 Å². The van der Waals surface area contributed by atoms with Gasteiger partial charge in [0.1, 0.15) is 5.60 Å². The number of benzene rings is 1. The van der Waals surface area contributed by atoms with E-state index in [0.717, 1.165) is 10.2 Å². The van der Waals surface area contributed by atoms with Crippen LogP contribution in [0.4, 0.5) is 0 Å². The summed E-state index contributed by atoms with van der Waals surface area (Å²) in [6.45, 7) is 1.89. The number of aromatic nitrogens is 1. The number of para-hydroxylation sites is 1. The number of fused-ring (bicyclic) bond motifs is 1. The molecule has 1 atom stereocenters. The van der Waals surface area contributed by atoms with E-state index in [0.29, 0.717) is 5.01 Å². The van der Waals surface area contributed by atoms with Crippen LogP contribution < -0.4 is 5.32 Å². The molecule has 1 aromatic heterocycles. The second-order valence-corrected chi connectivity index (χ2v) is 5.63. The second kappa shape index (κ2) is 5.64. The van der Waals surface area contributed by atoms with E-state index in [9.17, 15) is 9.90 Å². The van der Waals surface area contributed by atoms with Gasteiger partial charge in [-0.05, 0) is 19.1 Å². The van der Waals surface area contributed by atoms with Gasteiger partial charge in [0.2, 0.25) is 0 Å². The lowest BCUT2D eigenvalue weighted by molar-refractivity contribution is -0.0147. The number of amides is 1. The van der Waals surface area contributed by atoms with Crippen molar-refractivity contribution >= 4 is 27.5 Å². The number of rotatable bonds is 5. The fourth-order valence-electron chi connectivity index (χ4n) is 1.68. The van der Waals surface area contributed by atoms with Crippen LogP contribution in [0, 0.1) is 0 Å². The zero-order chi connectivity index (χ0) is 13.9. The molecule has 0 bridgehead atoms. The number of hydrogen-bond acceptors (Lipinski definition) is 5. The van der Waals surface area contributed by atoms with Crippen molar-refractivity contribution in [3.05, 3.63) is 29.3 Å². The summed E-state index contributed by atoms with van der Waals surface area (Å²) in [5, 5.41) is 13.0. The van der Waals surface area contributed by atoms with Crippen molar-refractivity contribution in [1.82, 2.24) is 10.3 Å². The van der Waals surface area contributed by atoms with Gasteiger partial charge in [0.05, 0.1) is 16.8 Å². The maximum atomic E-state index is 12.0. The molecule has 5 nitrogen and oxygen atoms in total. The van der Waals surface area contributed by atoms with Crippen LogP contribution in [0.15, 0.2) is 24.3 Å². The van der Waals surface area contributed by atoms with Gasteiger partial charge in [-0.3, -0.25) is 4.79 Å². The quantitative estimate of drug-likeness (QED) is 0.869. The van der Waals surface area contributed by atoms with E-state index in [1.165, 1.54) is 18.4 Å². The summed E-state index contributed by atoms with van der Waals surface area (Å²) in [7, 11) is 1.50. The molecule has 0 unspecified atom stereocenters. The fraction of sp³-hybridized carbons (Fsp3) is 0.385. The predicted octanol–water partition coefficient (Wildman–Crippen LogP) is 1.42. The smallest absolute Gasteiger partial charge is 0.280 e. The minimum Gasteiger partial charge on any atom is -0.386 e. The van der Waals surface area contributed by atoms with Gasteiger partial charge in [0, 0.05) is 13.7 Å². The molecule has 0 saturated carbocycles. The molecule has 19 heavy (non-hydrogen) atoms. The van der Waals surface area contributed by atoms with E-state index in [2.05, 4.69) is 10.3 Å². The Morgan fingerprint density at radius 1 is 1.53 bits per heavy atom. The third kappa shape index (κ3) is 3.50. The van der Waals surface area contributed by atoms with Gasteiger partial charge in [-0.1, -0.05) is 12.1 Å². The van der Waals surface area contributed by atoms with E-state index < -0.39 is 5.60 Å². The predicted molar refractivity (Wildman–Crippen MR) is 74.5 cm³/mol. The number of methoxy groups -OCH3 is 1. The van der Waals surface area contributed by atoms with Gasteiger partial charge >= 0.3 is 0 Å². The topological polar surface area (TPSA) is 71.5 Å². The maximum Gasteiger partial charge on any atom is 0.280 e. The zero-order valence-corrected chi connectivity index (χ0v) is 11.7. The number of aliphatic hydroxyl groups is 1. The molecule has 2 N–H and O–H groups in total. The van der Waals surface area contributed by atoms with Crippen molar-refractivity contribution in [3.63, 3.8) is 0 Å². The third-order valence-electron chi connectivity index (χ3n) is 2.57. The molecule has 2 rings (SSSR count). The summed E-state index contributed by atoms with van der Waals surface area (Å²) in [6, 6.07) is 7.58. The van der Waals surface area contributed by atoms with Crippen LogP contribution in [0.5, 0.6) is 0 Å². The maximum absolute atomic E-state index is 12.0.